The van der Waals surface area contributed by atoms with Crippen LogP contribution in [0.4, 0.5) is 16.2 Å². The second kappa shape index (κ2) is 6.32. The summed E-state index contributed by atoms with van der Waals surface area (Å²) >= 11 is 0. The maximum atomic E-state index is 12.8. The van der Waals surface area contributed by atoms with Gasteiger partial charge < -0.3 is 10.6 Å². The lowest BCUT2D eigenvalue weighted by Crippen LogP contribution is -2.13. The first-order valence-electron chi connectivity index (χ1n) is 6.63. The summed E-state index contributed by atoms with van der Waals surface area (Å²) in [6.45, 7) is 6.60. The van der Waals surface area contributed by atoms with Crippen molar-refractivity contribution in [3.63, 3.8) is 0 Å². The van der Waals surface area contributed by atoms with Crippen LogP contribution >= 0.6 is 0 Å². The fourth-order valence-electron chi connectivity index (χ4n) is 1.80. The Morgan fingerprint density at radius 3 is 2.50 bits per heavy atom. The van der Waals surface area contributed by atoms with Crippen LogP contribution in [0.3, 0.4) is 0 Å². The minimum absolute atomic E-state index is 0.232. The number of benzene rings is 1. The van der Waals surface area contributed by atoms with Crippen molar-refractivity contribution in [2.75, 3.05) is 10.6 Å². The van der Waals surface area contributed by atoms with Gasteiger partial charge in [0.2, 0.25) is 5.95 Å². The third-order valence-corrected chi connectivity index (χ3v) is 2.65. The lowest BCUT2D eigenvalue weighted by atomic mass is 10.2. The molecule has 5 heteroatoms. The fraction of sp³-hybridized carbons (Fsp3) is 0.333. The second-order valence-corrected chi connectivity index (χ2v) is 5.00. The highest BCUT2D eigenvalue weighted by molar-refractivity contribution is 5.43. The van der Waals surface area contributed by atoms with Gasteiger partial charge in [-0.25, -0.2) is 9.37 Å². The van der Waals surface area contributed by atoms with E-state index in [9.17, 15) is 4.39 Å². The molecule has 0 amide bonds. The summed E-state index contributed by atoms with van der Waals surface area (Å²) in [6.07, 6.45) is 0. The molecule has 106 valence electrons. The highest BCUT2D eigenvalue weighted by Crippen LogP contribution is 2.12. The number of hydrogen-bond acceptors (Lipinski definition) is 4. The van der Waals surface area contributed by atoms with Gasteiger partial charge in [0.1, 0.15) is 11.6 Å². The third kappa shape index (κ3) is 4.19. The Bertz CT molecular complexity index is 567. The predicted octanol–water partition coefficient (Wildman–Crippen LogP) is 3.36. The number of halogens is 1. The first-order valence-corrected chi connectivity index (χ1v) is 6.63. The first kappa shape index (κ1) is 14.2. The van der Waals surface area contributed by atoms with E-state index in [1.54, 1.807) is 12.1 Å². The molecule has 0 aliphatic carbocycles. The molecule has 2 aromatic rings. The number of nitrogens with zero attached hydrogens (tertiary/aromatic N) is 2. The van der Waals surface area contributed by atoms with E-state index < -0.39 is 0 Å². The molecule has 0 saturated carbocycles. The normalized spacial score (nSPS) is 10.7. The van der Waals surface area contributed by atoms with Crippen molar-refractivity contribution < 1.29 is 4.39 Å². The molecule has 1 aromatic heterocycles. The Morgan fingerprint density at radius 1 is 1.15 bits per heavy atom. The average Bonchev–Trinajstić information content (AvgIpc) is 2.36. The summed E-state index contributed by atoms with van der Waals surface area (Å²) < 4.78 is 12.8. The smallest absolute Gasteiger partial charge is 0.225 e. The van der Waals surface area contributed by atoms with Crippen LogP contribution in [0.5, 0.6) is 0 Å². The fourth-order valence-corrected chi connectivity index (χ4v) is 1.80. The Labute approximate surface area is 118 Å². The molecule has 2 rings (SSSR count). The standard InChI is InChI=1S/C15H19FN4/c1-10(2)18-14-8-11(3)19-15(20-14)17-9-12-4-6-13(16)7-5-12/h4-8,10H,9H2,1-3H3,(H2,17,18,19,20). The molecule has 0 unspecified atom stereocenters. The van der Waals surface area contributed by atoms with Gasteiger partial charge in [0.15, 0.2) is 0 Å². The number of hydrogen-bond donors (Lipinski definition) is 2. The molecule has 0 aliphatic heterocycles. The van der Waals surface area contributed by atoms with Crippen LogP contribution in [0.25, 0.3) is 0 Å². The van der Waals surface area contributed by atoms with E-state index in [4.69, 9.17) is 0 Å². The molecule has 0 spiro atoms. The van der Waals surface area contributed by atoms with Gasteiger partial charge in [-0.15, -0.1) is 0 Å². The lowest BCUT2D eigenvalue weighted by molar-refractivity contribution is 0.627. The van der Waals surface area contributed by atoms with E-state index in [-0.39, 0.29) is 5.82 Å². The summed E-state index contributed by atoms with van der Waals surface area (Å²) in [5.74, 6) is 1.13. The summed E-state index contributed by atoms with van der Waals surface area (Å²) in [5.41, 5.74) is 1.87. The lowest BCUT2D eigenvalue weighted by Gasteiger charge is -2.12. The molecular weight excluding hydrogens is 255 g/mol. The second-order valence-electron chi connectivity index (χ2n) is 5.00. The van der Waals surface area contributed by atoms with Crippen molar-refractivity contribution >= 4 is 11.8 Å². The third-order valence-electron chi connectivity index (χ3n) is 2.65. The van der Waals surface area contributed by atoms with E-state index in [1.807, 2.05) is 13.0 Å². The molecular formula is C15H19FN4. The Hall–Kier alpha value is -2.17. The highest BCUT2D eigenvalue weighted by atomic mass is 19.1. The molecule has 0 aliphatic rings. The molecule has 2 N–H and O–H groups in total. The first-order chi connectivity index (χ1) is 9.52. The van der Waals surface area contributed by atoms with Crippen molar-refractivity contribution in [2.45, 2.75) is 33.4 Å². The zero-order valence-corrected chi connectivity index (χ0v) is 11.9. The van der Waals surface area contributed by atoms with Crippen molar-refractivity contribution in [3.8, 4) is 0 Å². The molecule has 0 fully saturated rings. The van der Waals surface area contributed by atoms with Gasteiger partial charge in [0.05, 0.1) is 0 Å². The largest absolute Gasteiger partial charge is 0.368 e. The molecule has 0 bridgehead atoms. The Morgan fingerprint density at radius 2 is 1.85 bits per heavy atom. The maximum Gasteiger partial charge on any atom is 0.225 e. The monoisotopic (exact) mass is 274 g/mol. The van der Waals surface area contributed by atoms with E-state index in [1.165, 1.54) is 12.1 Å². The van der Waals surface area contributed by atoms with Gasteiger partial charge in [0, 0.05) is 24.3 Å². The SMILES string of the molecule is Cc1cc(NC(C)C)nc(NCc2ccc(F)cc2)n1. The molecule has 20 heavy (non-hydrogen) atoms. The van der Waals surface area contributed by atoms with Crippen LogP contribution in [0, 0.1) is 12.7 Å². The van der Waals surface area contributed by atoms with Crippen molar-refractivity contribution in [1.29, 1.82) is 0 Å². The maximum absolute atomic E-state index is 12.8. The van der Waals surface area contributed by atoms with Crippen molar-refractivity contribution in [3.05, 3.63) is 47.4 Å². The van der Waals surface area contributed by atoms with Gasteiger partial charge in [-0.05, 0) is 38.5 Å². The highest BCUT2D eigenvalue weighted by Gasteiger charge is 2.03. The van der Waals surface area contributed by atoms with Crippen LogP contribution < -0.4 is 10.6 Å². The molecule has 0 saturated heterocycles. The van der Waals surface area contributed by atoms with Gasteiger partial charge in [-0.1, -0.05) is 12.1 Å². The number of rotatable bonds is 5. The van der Waals surface area contributed by atoms with E-state index in [2.05, 4.69) is 34.4 Å². The number of nitrogens with one attached hydrogen (secondary N) is 2. The van der Waals surface area contributed by atoms with E-state index in [0.717, 1.165) is 17.1 Å². The van der Waals surface area contributed by atoms with Crippen LogP contribution in [0.2, 0.25) is 0 Å². The summed E-state index contributed by atoms with van der Waals surface area (Å²) in [4.78, 5) is 8.74. The molecule has 0 atom stereocenters. The molecule has 4 nitrogen and oxygen atoms in total. The average molecular weight is 274 g/mol. The predicted molar refractivity (Wildman–Crippen MR) is 79.3 cm³/mol. The summed E-state index contributed by atoms with van der Waals surface area (Å²) in [7, 11) is 0. The molecule has 1 aromatic carbocycles. The van der Waals surface area contributed by atoms with Crippen LogP contribution in [0.1, 0.15) is 25.1 Å². The number of anilines is 2. The minimum atomic E-state index is -0.232. The Kier molecular flexibility index (Phi) is 4.50. The van der Waals surface area contributed by atoms with Gasteiger partial charge >= 0.3 is 0 Å². The van der Waals surface area contributed by atoms with E-state index in [0.29, 0.717) is 18.5 Å². The minimum Gasteiger partial charge on any atom is -0.368 e. The Balaban J connectivity index is 2.05. The number of aryl methyl sites for hydroxylation is 1. The van der Waals surface area contributed by atoms with Crippen molar-refractivity contribution in [1.82, 2.24) is 9.97 Å². The van der Waals surface area contributed by atoms with Gasteiger partial charge in [-0.2, -0.15) is 4.98 Å². The van der Waals surface area contributed by atoms with Gasteiger partial charge in [0.25, 0.3) is 0 Å². The van der Waals surface area contributed by atoms with E-state index >= 15 is 0 Å². The number of aromatic nitrogens is 2. The zero-order chi connectivity index (χ0) is 14.5. The van der Waals surface area contributed by atoms with Crippen LogP contribution in [-0.4, -0.2) is 16.0 Å². The van der Waals surface area contributed by atoms with Crippen molar-refractivity contribution in [2.24, 2.45) is 0 Å². The van der Waals surface area contributed by atoms with Gasteiger partial charge in [-0.3, -0.25) is 0 Å². The molecule has 0 radical (unpaired) electrons. The van der Waals surface area contributed by atoms with Crippen LogP contribution in [0.15, 0.2) is 30.3 Å². The summed E-state index contributed by atoms with van der Waals surface area (Å²) in [6, 6.07) is 8.59. The topological polar surface area (TPSA) is 49.8 Å². The zero-order valence-electron chi connectivity index (χ0n) is 11.9. The van der Waals surface area contributed by atoms with Crippen LogP contribution in [-0.2, 0) is 6.54 Å². The quantitative estimate of drug-likeness (QED) is 0.877. The molecule has 1 heterocycles. The summed E-state index contributed by atoms with van der Waals surface area (Å²) in [5, 5.41) is 6.40.